The van der Waals surface area contributed by atoms with Gasteiger partial charge in [-0.2, -0.15) is 13.8 Å². The molecule has 10 heteroatoms. The van der Waals surface area contributed by atoms with Gasteiger partial charge in [0.1, 0.15) is 0 Å². The normalized spacial score (nSPS) is 9.85. The van der Waals surface area contributed by atoms with E-state index in [0.29, 0.717) is 0 Å². The van der Waals surface area contributed by atoms with Crippen LogP contribution in [0, 0.1) is 15.9 Å². The van der Waals surface area contributed by atoms with E-state index in [1.807, 2.05) is 13.8 Å². The Hall–Kier alpha value is -2.10. The third-order valence-corrected chi connectivity index (χ3v) is 2.80. The summed E-state index contributed by atoms with van der Waals surface area (Å²) >= 11 is 3.01. The molecule has 20 heavy (non-hydrogen) atoms. The number of nitro groups is 1. The molecule has 0 amide bonds. The number of benzene rings is 1. The molecule has 8 nitrogen and oxygen atoms in total. The Bertz CT molecular complexity index is 697. The summed E-state index contributed by atoms with van der Waals surface area (Å²) in [4.78, 5) is 21.4. The maximum absolute atomic E-state index is 13.3. The minimum atomic E-state index is -1.01. The lowest BCUT2D eigenvalue weighted by Crippen LogP contribution is -2.22. The summed E-state index contributed by atoms with van der Waals surface area (Å²) in [5.41, 5.74) is -1.30. The first-order chi connectivity index (χ1) is 9.41. The molecule has 0 aliphatic carbocycles. The average molecular weight is 348 g/mol. The van der Waals surface area contributed by atoms with Crippen molar-refractivity contribution < 1.29 is 9.31 Å². The maximum atomic E-state index is 13.3. The lowest BCUT2D eigenvalue weighted by atomic mass is 10.2. The van der Waals surface area contributed by atoms with Gasteiger partial charge in [-0.05, 0) is 32.4 Å². The van der Waals surface area contributed by atoms with Crippen molar-refractivity contribution in [1.29, 1.82) is 0 Å². The second-order valence-corrected chi connectivity index (χ2v) is 4.16. The molecule has 2 rings (SSSR count). The van der Waals surface area contributed by atoms with Gasteiger partial charge in [0.25, 0.3) is 0 Å². The Kier molecular flexibility index (Phi) is 5.08. The second-order valence-electron chi connectivity index (χ2n) is 3.31. The largest absolute Gasteiger partial charge is 0.368 e. The summed E-state index contributed by atoms with van der Waals surface area (Å²) in [6.07, 6.45) is 0. The van der Waals surface area contributed by atoms with Crippen LogP contribution in [0.15, 0.2) is 21.4 Å². The number of halogens is 2. The van der Waals surface area contributed by atoms with E-state index < -0.39 is 22.1 Å². The molecule has 2 aromatic rings. The summed E-state index contributed by atoms with van der Waals surface area (Å²) in [7, 11) is 1.37. The average Bonchev–Trinajstić information content (AvgIpc) is 2.72. The SMILES string of the molecule is CC.Cn1nnn(-c2cc([N+](=O)[O-])c(F)cc2Br)c1=O. The molecule has 1 heterocycles. The number of tetrazole rings is 1. The zero-order valence-corrected chi connectivity index (χ0v) is 12.5. The molecule has 1 aromatic heterocycles. The van der Waals surface area contributed by atoms with Crippen LogP contribution in [0.4, 0.5) is 10.1 Å². The highest BCUT2D eigenvalue weighted by molar-refractivity contribution is 9.10. The number of hydrogen-bond acceptors (Lipinski definition) is 5. The van der Waals surface area contributed by atoms with E-state index in [0.717, 1.165) is 21.5 Å². The molecule has 0 saturated carbocycles. The second kappa shape index (κ2) is 6.37. The molecule has 0 N–H and O–H groups in total. The maximum Gasteiger partial charge on any atom is 0.368 e. The van der Waals surface area contributed by atoms with Gasteiger partial charge in [-0.25, -0.2) is 4.79 Å². The van der Waals surface area contributed by atoms with Gasteiger partial charge in [-0.3, -0.25) is 10.1 Å². The van der Waals surface area contributed by atoms with Gasteiger partial charge in [0.15, 0.2) is 0 Å². The van der Waals surface area contributed by atoms with Crippen molar-refractivity contribution in [3.05, 3.63) is 43.0 Å². The van der Waals surface area contributed by atoms with E-state index in [2.05, 4.69) is 26.4 Å². The van der Waals surface area contributed by atoms with Gasteiger partial charge in [0.2, 0.25) is 5.82 Å². The number of aromatic nitrogens is 4. The van der Waals surface area contributed by atoms with Gasteiger partial charge in [0, 0.05) is 17.6 Å². The Balaban J connectivity index is 0.000000956. The summed E-state index contributed by atoms with van der Waals surface area (Å²) in [6, 6.07) is 1.81. The van der Waals surface area contributed by atoms with Crippen LogP contribution in [0.25, 0.3) is 5.69 Å². The Morgan fingerprint density at radius 2 is 1.95 bits per heavy atom. The molecule has 0 spiro atoms. The standard InChI is InChI=1S/C8H5BrFN5O3.C2H6/c1-13-8(16)14(12-11-13)6-3-7(15(17)18)5(10)2-4(6)9;1-2/h2-3H,1H3;1-2H3. The van der Waals surface area contributed by atoms with Gasteiger partial charge in [0.05, 0.1) is 10.6 Å². The molecular weight excluding hydrogens is 337 g/mol. The highest BCUT2D eigenvalue weighted by Crippen LogP contribution is 2.27. The topological polar surface area (TPSA) is 95.8 Å². The van der Waals surface area contributed by atoms with Crippen LogP contribution < -0.4 is 5.69 Å². The van der Waals surface area contributed by atoms with Crippen molar-refractivity contribution in [3.8, 4) is 5.69 Å². The molecule has 0 radical (unpaired) electrons. The smallest absolute Gasteiger partial charge is 0.258 e. The monoisotopic (exact) mass is 347 g/mol. The first-order valence-corrected chi connectivity index (χ1v) is 6.34. The predicted octanol–water partition coefficient (Wildman–Crippen LogP) is 1.80. The van der Waals surface area contributed by atoms with Crippen molar-refractivity contribution in [2.24, 2.45) is 7.05 Å². The number of aryl methyl sites for hydroxylation is 1. The van der Waals surface area contributed by atoms with E-state index in [1.165, 1.54) is 7.05 Å². The number of rotatable bonds is 2. The van der Waals surface area contributed by atoms with Crippen molar-refractivity contribution in [3.63, 3.8) is 0 Å². The number of nitrogens with zero attached hydrogens (tertiary/aromatic N) is 5. The molecular formula is C10H11BrFN5O3. The Morgan fingerprint density at radius 1 is 1.35 bits per heavy atom. The van der Waals surface area contributed by atoms with Crippen LogP contribution in [0.3, 0.4) is 0 Å². The fourth-order valence-electron chi connectivity index (χ4n) is 1.29. The minimum Gasteiger partial charge on any atom is -0.258 e. The molecule has 0 unspecified atom stereocenters. The number of nitro benzene ring substituents is 1. The molecule has 0 atom stereocenters. The van der Waals surface area contributed by atoms with Crippen molar-refractivity contribution >= 4 is 21.6 Å². The highest BCUT2D eigenvalue weighted by Gasteiger charge is 2.20. The molecule has 1 aromatic carbocycles. The van der Waals surface area contributed by atoms with Gasteiger partial charge in [-0.15, -0.1) is 0 Å². The van der Waals surface area contributed by atoms with E-state index in [4.69, 9.17) is 0 Å². The van der Waals surface area contributed by atoms with Crippen LogP contribution in [-0.2, 0) is 7.05 Å². The van der Waals surface area contributed by atoms with E-state index in [-0.39, 0.29) is 10.2 Å². The first-order valence-electron chi connectivity index (χ1n) is 5.54. The quantitative estimate of drug-likeness (QED) is 0.609. The molecule has 0 bridgehead atoms. The highest BCUT2D eigenvalue weighted by atomic mass is 79.9. The third-order valence-electron chi connectivity index (χ3n) is 2.16. The fraction of sp³-hybridized carbons (Fsp3) is 0.300. The minimum absolute atomic E-state index is 0.0428. The van der Waals surface area contributed by atoms with E-state index in [1.54, 1.807) is 0 Å². The predicted molar refractivity (Wildman–Crippen MR) is 72.3 cm³/mol. The Labute approximate surface area is 121 Å². The Morgan fingerprint density at radius 3 is 2.40 bits per heavy atom. The van der Waals surface area contributed by atoms with Crippen LogP contribution in [-0.4, -0.2) is 24.7 Å². The van der Waals surface area contributed by atoms with Gasteiger partial charge >= 0.3 is 11.4 Å². The van der Waals surface area contributed by atoms with Crippen LogP contribution in [0.2, 0.25) is 0 Å². The van der Waals surface area contributed by atoms with Gasteiger partial charge in [-0.1, -0.05) is 13.8 Å². The van der Waals surface area contributed by atoms with Crippen LogP contribution in [0.5, 0.6) is 0 Å². The summed E-state index contributed by atoms with van der Waals surface area (Å²) in [5.74, 6) is -1.01. The molecule has 108 valence electrons. The molecule has 0 fully saturated rings. The lowest BCUT2D eigenvalue weighted by Gasteiger charge is -2.02. The fourth-order valence-corrected chi connectivity index (χ4v) is 1.78. The summed E-state index contributed by atoms with van der Waals surface area (Å²) in [6.45, 7) is 4.00. The zero-order valence-electron chi connectivity index (χ0n) is 10.9. The zero-order chi connectivity index (χ0) is 15.4. The molecule has 0 aliphatic rings. The van der Waals surface area contributed by atoms with Crippen LogP contribution >= 0.6 is 15.9 Å². The lowest BCUT2D eigenvalue weighted by molar-refractivity contribution is -0.387. The number of hydrogen-bond donors (Lipinski definition) is 0. The van der Waals surface area contributed by atoms with Gasteiger partial charge < -0.3 is 0 Å². The van der Waals surface area contributed by atoms with Crippen molar-refractivity contribution in [2.75, 3.05) is 0 Å². The first kappa shape index (κ1) is 16.0. The van der Waals surface area contributed by atoms with Crippen molar-refractivity contribution in [1.82, 2.24) is 19.8 Å². The molecule has 0 saturated heterocycles. The van der Waals surface area contributed by atoms with E-state index >= 15 is 0 Å². The third kappa shape index (κ3) is 2.90. The summed E-state index contributed by atoms with van der Waals surface area (Å²) in [5, 5.41) is 17.6. The van der Waals surface area contributed by atoms with E-state index in [9.17, 15) is 19.3 Å². The van der Waals surface area contributed by atoms with Crippen LogP contribution in [0.1, 0.15) is 13.8 Å². The summed E-state index contributed by atoms with van der Waals surface area (Å²) < 4.78 is 15.2. The van der Waals surface area contributed by atoms with Crippen molar-refractivity contribution in [2.45, 2.75) is 13.8 Å². The molecule has 0 aliphatic heterocycles.